The molecule has 1 aliphatic rings. The molecular weight excluding hydrogens is 338 g/mol. The quantitative estimate of drug-likeness (QED) is 0.730. The fraction of sp³-hybridized carbons (Fsp3) is 0.467. The number of benzene rings is 1. The van der Waals surface area contributed by atoms with Crippen molar-refractivity contribution in [3.63, 3.8) is 0 Å². The van der Waals surface area contributed by atoms with Crippen molar-refractivity contribution in [3.8, 4) is 5.75 Å². The van der Waals surface area contributed by atoms with Gasteiger partial charge in [-0.25, -0.2) is 0 Å². The number of carbonyl (C=O) groups excluding carboxylic acids is 2. The number of hydrogen-bond acceptors (Lipinski definition) is 6. The summed E-state index contributed by atoms with van der Waals surface area (Å²) in [7, 11) is 1.65. The fourth-order valence-corrected chi connectivity index (χ4v) is 4.93. The molecule has 120 valence electrons. The molecule has 22 heavy (non-hydrogen) atoms. The van der Waals surface area contributed by atoms with E-state index in [1.165, 1.54) is 11.8 Å². The van der Waals surface area contributed by atoms with Crippen LogP contribution in [0.5, 0.6) is 5.75 Å². The van der Waals surface area contributed by atoms with Gasteiger partial charge in [0.1, 0.15) is 5.75 Å². The van der Waals surface area contributed by atoms with Gasteiger partial charge in [0, 0.05) is 29.9 Å². The van der Waals surface area contributed by atoms with E-state index in [9.17, 15) is 9.59 Å². The molecule has 0 aliphatic carbocycles. The lowest BCUT2D eigenvalue weighted by atomic mass is 10.3. The number of hydrogen-bond donors (Lipinski definition) is 0. The average molecular weight is 358 g/mol. The van der Waals surface area contributed by atoms with Crippen LogP contribution in [-0.4, -0.2) is 52.2 Å². The van der Waals surface area contributed by atoms with Gasteiger partial charge in [-0.05, 0) is 24.3 Å². The first-order chi connectivity index (χ1) is 10.6. The molecule has 0 aromatic heterocycles. The number of rotatable bonds is 6. The molecule has 1 aromatic rings. The third kappa shape index (κ3) is 5.14. The van der Waals surface area contributed by atoms with Crippen LogP contribution in [0, 0.1) is 0 Å². The maximum absolute atomic E-state index is 12.2. The Morgan fingerprint density at radius 2 is 2.09 bits per heavy atom. The first-order valence-electron chi connectivity index (χ1n) is 6.91. The van der Waals surface area contributed by atoms with Gasteiger partial charge in [-0.2, -0.15) is 0 Å². The molecule has 0 saturated carbocycles. The molecule has 1 saturated heterocycles. The van der Waals surface area contributed by atoms with Gasteiger partial charge in [0.25, 0.3) is 0 Å². The second-order valence-electron chi connectivity index (χ2n) is 4.68. The van der Waals surface area contributed by atoms with E-state index in [-0.39, 0.29) is 22.1 Å². The van der Waals surface area contributed by atoms with Gasteiger partial charge in [-0.3, -0.25) is 9.59 Å². The van der Waals surface area contributed by atoms with Gasteiger partial charge in [-0.1, -0.05) is 11.8 Å². The van der Waals surface area contributed by atoms with E-state index >= 15 is 0 Å². The number of amides is 1. The third-order valence-corrected chi connectivity index (χ3v) is 6.48. The predicted molar refractivity (Wildman–Crippen MR) is 94.8 cm³/mol. The summed E-state index contributed by atoms with van der Waals surface area (Å²) in [6.45, 7) is 2.27. The lowest BCUT2D eigenvalue weighted by Crippen LogP contribution is -2.37. The first kappa shape index (κ1) is 17.6. The summed E-state index contributed by atoms with van der Waals surface area (Å²) >= 11 is 4.63. The Balaban J connectivity index is 1.85. The molecule has 1 fully saturated rings. The van der Waals surface area contributed by atoms with Crippen LogP contribution in [0.2, 0.25) is 0 Å². The van der Waals surface area contributed by atoms with Crippen molar-refractivity contribution in [3.05, 3.63) is 24.3 Å². The minimum absolute atomic E-state index is 0.00985. The zero-order chi connectivity index (χ0) is 15.9. The van der Waals surface area contributed by atoms with Crippen LogP contribution in [0.4, 0.5) is 0 Å². The van der Waals surface area contributed by atoms with Gasteiger partial charge >= 0.3 is 0 Å². The van der Waals surface area contributed by atoms with Crippen molar-refractivity contribution in [1.29, 1.82) is 0 Å². The topological polar surface area (TPSA) is 46.6 Å². The highest BCUT2D eigenvalue weighted by Crippen LogP contribution is 2.31. The van der Waals surface area contributed by atoms with E-state index in [2.05, 4.69) is 0 Å². The van der Waals surface area contributed by atoms with Crippen molar-refractivity contribution >= 4 is 46.3 Å². The summed E-state index contributed by atoms with van der Waals surface area (Å²) in [6, 6.07) is 7.94. The van der Waals surface area contributed by atoms with Gasteiger partial charge < -0.3 is 9.64 Å². The second kappa shape index (κ2) is 8.74. The Morgan fingerprint density at radius 1 is 1.36 bits per heavy atom. The number of nitrogens with zero attached hydrogens (tertiary/aromatic N) is 1. The number of methoxy groups -OCH3 is 1. The largest absolute Gasteiger partial charge is 0.497 e. The average Bonchev–Trinajstić information content (AvgIpc) is 2.99. The normalized spacial score (nSPS) is 17.5. The Hall–Kier alpha value is -0.790. The minimum atomic E-state index is -0.00985. The fourth-order valence-electron chi connectivity index (χ4n) is 2.03. The van der Waals surface area contributed by atoms with Crippen molar-refractivity contribution < 1.29 is 14.3 Å². The molecule has 1 aliphatic heterocycles. The molecule has 7 heteroatoms. The molecule has 0 N–H and O–H groups in total. The van der Waals surface area contributed by atoms with E-state index in [1.54, 1.807) is 30.6 Å². The Labute approximate surface area is 143 Å². The number of thioether (sulfide) groups is 3. The lowest BCUT2D eigenvalue weighted by Gasteiger charge is -2.23. The highest BCUT2D eigenvalue weighted by Gasteiger charge is 2.29. The molecule has 4 nitrogen and oxygen atoms in total. The van der Waals surface area contributed by atoms with Crippen LogP contribution in [0.1, 0.15) is 6.92 Å². The van der Waals surface area contributed by atoms with Crippen molar-refractivity contribution in [1.82, 2.24) is 4.90 Å². The summed E-state index contributed by atoms with van der Waals surface area (Å²) in [5, 5.41) is 0.177. The van der Waals surface area contributed by atoms with Gasteiger partial charge in [0.15, 0.2) is 5.12 Å². The SMILES string of the molecule is COc1ccc(SCC2SCCN2C(=O)CSC(C)=O)cc1. The molecule has 2 rings (SSSR count). The summed E-state index contributed by atoms with van der Waals surface area (Å²) < 4.78 is 5.15. The highest BCUT2D eigenvalue weighted by molar-refractivity contribution is 8.14. The molecule has 1 aromatic carbocycles. The molecule has 0 bridgehead atoms. The smallest absolute Gasteiger partial charge is 0.233 e. The molecule has 1 heterocycles. The van der Waals surface area contributed by atoms with Crippen molar-refractivity contribution in [2.24, 2.45) is 0 Å². The summed E-state index contributed by atoms with van der Waals surface area (Å²) in [6.07, 6.45) is 0. The van der Waals surface area contributed by atoms with Crippen molar-refractivity contribution in [2.45, 2.75) is 17.2 Å². The number of ether oxygens (including phenoxy) is 1. The summed E-state index contributed by atoms with van der Waals surface area (Å²) in [5.74, 6) is 2.97. The van der Waals surface area contributed by atoms with E-state index in [0.29, 0.717) is 0 Å². The van der Waals surface area contributed by atoms with E-state index < -0.39 is 0 Å². The van der Waals surface area contributed by atoms with Gasteiger partial charge in [-0.15, -0.1) is 23.5 Å². The Morgan fingerprint density at radius 3 is 2.73 bits per heavy atom. The zero-order valence-electron chi connectivity index (χ0n) is 12.6. The van der Waals surface area contributed by atoms with Gasteiger partial charge in [0.05, 0.1) is 18.2 Å². The van der Waals surface area contributed by atoms with Crippen LogP contribution >= 0.6 is 35.3 Å². The maximum Gasteiger partial charge on any atom is 0.233 e. The molecule has 0 spiro atoms. The van der Waals surface area contributed by atoms with Gasteiger partial charge in [0.2, 0.25) is 5.91 Å². The van der Waals surface area contributed by atoms with Crippen molar-refractivity contribution in [2.75, 3.05) is 30.9 Å². The molecule has 0 radical (unpaired) electrons. The first-order valence-corrected chi connectivity index (χ1v) is 9.93. The minimum Gasteiger partial charge on any atom is -0.497 e. The summed E-state index contributed by atoms with van der Waals surface area (Å²) in [5.41, 5.74) is 0. The van der Waals surface area contributed by atoms with Crippen LogP contribution in [-0.2, 0) is 9.59 Å². The monoisotopic (exact) mass is 357 g/mol. The Bertz CT molecular complexity index is 521. The molecule has 1 amide bonds. The third-order valence-electron chi connectivity index (χ3n) is 3.16. The lowest BCUT2D eigenvalue weighted by molar-refractivity contribution is -0.128. The predicted octanol–water partition coefficient (Wildman–Crippen LogP) is 2.97. The molecular formula is C15H19NO3S3. The Kier molecular flexibility index (Phi) is 6.98. The van der Waals surface area contributed by atoms with E-state index in [1.807, 2.05) is 29.2 Å². The molecule has 1 atom stereocenters. The maximum atomic E-state index is 12.2. The summed E-state index contributed by atoms with van der Waals surface area (Å²) in [4.78, 5) is 26.2. The second-order valence-corrected chi connectivity index (χ2v) is 8.21. The van der Waals surface area contributed by atoms with E-state index in [0.717, 1.165) is 35.6 Å². The van der Waals surface area contributed by atoms with Crippen LogP contribution in [0.25, 0.3) is 0 Å². The van der Waals surface area contributed by atoms with E-state index in [4.69, 9.17) is 4.74 Å². The standard InChI is InChI=1S/C15H19NO3S3/c1-11(17)21-9-14(18)16-7-8-20-15(16)10-22-13-5-3-12(19-2)4-6-13/h3-6,15H,7-10H2,1-2H3. The zero-order valence-corrected chi connectivity index (χ0v) is 15.1. The highest BCUT2D eigenvalue weighted by atomic mass is 32.2. The van der Waals surface area contributed by atoms with Crippen LogP contribution in [0.3, 0.4) is 0 Å². The van der Waals surface area contributed by atoms with Crippen LogP contribution in [0.15, 0.2) is 29.2 Å². The molecule has 1 unspecified atom stereocenters. The van der Waals surface area contributed by atoms with Crippen LogP contribution < -0.4 is 4.74 Å². The number of carbonyl (C=O) groups is 2.